The van der Waals surface area contributed by atoms with Crippen LogP contribution in [-0.4, -0.2) is 27.8 Å². The Morgan fingerprint density at radius 3 is 2.61 bits per heavy atom. The fourth-order valence-corrected chi connectivity index (χ4v) is 1.93. The molecular weight excluding hydrogens is 309 g/mol. The Morgan fingerprint density at radius 2 is 2.00 bits per heavy atom. The van der Waals surface area contributed by atoms with Crippen molar-refractivity contribution >= 4 is 5.91 Å². The van der Waals surface area contributed by atoms with E-state index in [9.17, 15) is 18.0 Å². The summed E-state index contributed by atoms with van der Waals surface area (Å²) < 4.78 is 39.6. The molecule has 0 saturated heterocycles. The zero-order valence-corrected chi connectivity index (χ0v) is 12.7. The second-order valence-corrected chi connectivity index (χ2v) is 5.72. The molecule has 1 amide bonds. The maximum absolute atomic E-state index is 12.9. The van der Waals surface area contributed by atoms with Crippen molar-refractivity contribution in [3.63, 3.8) is 0 Å². The lowest BCUT2D eigenvalue weighted by atomic mass is 10.1. The van der Waals surface area contributed by atoms with Gasteiger partial charge in [0.25, 0.3) is 5.91 Å². The lowest BCUT2D eigenvalue weighted by molar-refractivity contribution is -0.142. The fourth-order valence-electron chi connectivity index (χ4n) is 1.93. The van der Waals surface area contributed by atoms with Crippen LogP contribution in [0.3, 0.4) is 0 Å². The van der Waals surface area contributed by atoms with E-state index in [-0.39, 0.29) is 17.8 Å². The SMILES string of the molecule is CC(C)(CN)NC(=O)c1cccc(-n2nccc2C(F)(F)F)c1. The average Bonchev–Trinajstić information content (AvgIpc) is 2.96. The van der Waals surface area contributed by atoms with Crippen LogP contribution in [0.15, 0.2) is 36.5 Å². The molecule has 0 aliphatic carbocycles. The van der Waals surface area contributed by atoms with Gasteiger partial charge in [-0.15, -0.1) is 0 Å². The number of aromatic nitrogens is 2. The van der Waals surface area contributed by atoms with Gasteiger partial charge < -0.3 is 11.1 Å². The van der Waals surface area contributed by atoms with Crippen LogP contribution in [0, 0.1) is 0 Å². The van der Waals surface area contributed by atoms with Crippen LogP contribution in [0.2, 0.25) is 0 Å². The number of nitrogens with zero attached hydrogens (tertiary/aromatic N) is 2. The Kier molecular flexibility index (Phi) is 4.46. The van der Waals surface area contributed by atoms with Crippen molar-refractivity contribution in [1.82, 2.24) is 15.1 Å². The van der Waals surface area contributed by atoms with Crippen molar-refractivity contribution in [3.05, 3.63) is 47.8 Å². The quantitative estimate of drug-likeness (QED) is 0.906. The summed E-state index contributed by atoms with van der Waals surface area (Å²) in [5.41, 5.74) is 4.42. The number of alkyl halides is 3. The van der Waals surface area contributed by atoms with Crippen LogP contribution in [0.1, 0.15) is 29.9 Å². The van der Waals surface area contributed by atoms with E-state index in [0.29, 0.717) is 0 Å². The minimum Gasteiger partial charge on any atom is -0.346 e. The van der Waals surface area contributed by atoms with Gasteiger partial charge in [-0.05, 0) is 38.1 Å². The van der Waals surface area contributed by atoms with Gasteiger partial charge >= 0.3 is 6.18 Å². The molecular formula is C15H17F3N4O. The zero-order valence-electron chi connectivity index (χ0n) is 12.7. The summed E-state index contributed by atoms with van der Waals surface area (Å²) in [6.45, 7) is 3.74. The van der Waals surface area contributed by atoms with E-state index in [2.05, 4.69) is 10.4 Å². The van der Waals surface area contributed by atoms with Crippen LogP contribution in [-0.2, 0) is 6.18 Å². The van der Waals surface area contributed by atoms with Gasteiger partial charge in [-0.3, -0.25) is 4.79 Å². The first-order valence-corrected chi connectivity index (χ1v) is 6.88. The smallest absolute Gasteiger partial charge is 0.346 e. The third-order valence-electron chi connectivity index (χ3n) is 3.25. The van der Waals surface area contributed by atoms with Crippen molar-refractivity contribution in [1.29, 1.82) is 0 Å². The first kappa shape index (κ1) is 17.0. The molecule has 124 valence electrons. The van der Waals surface area contributed by atoms with Crippen molar-refractivity contribution in [3.8, 4) is 5.69 Å². The molecule has 5 nitrogen and oxygen atoms in total. The number of rotatable bonds is 4. The number of hydrogen-bond acceptors (Lipinski definition) is 3. The average molecular weight is 326 g/mol. The molecule has 1 aromatic heterocycles. The van der Waals surface area contributed by atoms with Gasteiger partial charge in [0.05, 0.1) is 11.9 Å². The van der Waals surface area contributed by atoms with Gasteiger partial charge in [-0.25, -0.2) is 4.68 Å². The van der Waals surface area contributed by atoms with Gasteiger partial charge in [-0.1, -0.05) is 6.07 Å². The van der Waals surface area contributed by atoms with Gasteiger partial charge in [0, 0.05) is 17.6 Å². The Hall–Kier alpha value is -2.35. The molecule has 2 rings (SSSR count). The van der Waals surface area contributed by atoms with Crippen LogP contribution in [0.25, 0.3) is 5.69 Å². The van der Waals surface area contributed by atoms with E-state index in [4.69, 9.17) is 5.73 Å². The fraction of sp³-hybridized carbons (Fsp3) is 0.333. The topological polar surface area (TPSA) is 72.9 Å². The monoisotopic (exact) mass is 326 g/mol. The molecule has 0 aliphatic rings. The van der Waals surface area contributed by atoms with Crippen LogP contribution in [0.5, 0.6) is 0 Å². The highest BCUT2D eigenvalue weighted by Crippen LogP contribution is 2.30. The van der Waals surface area contributed by atoms with E-state index < -0.39 is 23.3 Å². The summed E-state index contributed by atoms with van der Waals surface area (Å²) in [5.74, 6) is -0.414. The summed E-state index contributed by atoms with van der Waals surface area (Å²) in [5, 5.41) is 6.41. The number of nitrogens with two attached hydrogens (primary N) is 1. The Labute approximate surface area is 131 Å². The van der Waals surface area contributed by atoms with E-state index in [0.717, 1.165) is 16.9 Å². The highest BCUT2D eigenvalue weighted by Gasteiger charge is 2.35. The predicted molar refractivity (Wildman–Crippen MR) is 79.2 cm³/mol. The number of benzene rings is 1. The minimum atomic E-state index is -4.53. The molecule has 23 heavy (non-hydrogen) atoms. The largest absolute Gasteiger partial charge is 0.433 e. The van der Waals surface area contributed by atoms with E-state index in [1.54, 1.807) is 13.8 Å². The lowest BCUT2D eigenvalue weighted by Gasteiger charge is -2.24. The lowest BCUT2D eigenvalue weighted by Crippen LogP contribution is -2.48. The number of nitrogens with one attached hydrogen (secondary N) is 1. The minimum absolute atomic E-state index is 0.153. The van der Waals surface area contributed by atoms with Gasteiger partial charge in [0.2, 0.25) is 0 Å². The molecule has 0 unspecified atom stereocenters. The third kappa shape index (κ3) is 3.89. The van der Waals surface area contributed by atoms with Crippen molar-refractivity contribution in [2.75, 3.05) is 6.54 Å². The van der Waals surface area contributed by atoms with Crippen molar-refractivity contribution in [2.45, 2.75) is 25.6 Å². The molecule has 0 fully saturated rings. The first-order valence-electron chi connectivity index (χ1n) is 6.88. The summed E-state index contributed by atoms with van der Waals surface area (Å²) in [6.07, 6.45) is -3.47. The van der Waals surface area contributed by atoms with E-state index in [1.165, 1.54) is 24.3 Å². The van der Waals surface area contributed by atoms with E-state index in [1.807, 2.05) is 0 Å². The molecule has 0 radical (unpaired) electrons. The van der Waals surface area contributed by atoms with Crippen molar-refractivity contribution < 1.29 is 18.0 Å². The van der Waals surface area contributed by atoms with Crippen LogP contribution in [0.4, 0.5) is 13.2 Å². The summed E-state index contributed by atoms with van der Waals surface area (Å²) in [4.78, 5) is 12.2. The summed E-state index contributed by atoms with van der Waals surface area (Å²) >= 11 is 0. The van der Waals surface area contributed by atoms with Crippen LogP contribution >= 0.6 is 0 Å². The number of carbonyl (C=O) groups excluding carboxylic acids is 1. The Balaban J connectivity index is 2.35. The highest BCUT2D eigenvalue weighted by molar-refractivity contribution is 5.95. The maximum atomic E-state index is 12.9. The number of amides is 1. The summed E-state index contributed by atoms with van der Waals surface area (Å²) in [7, 11) is 0. The molecule has 0 spiro atoms. The highest BCUT2D eigenvalue weighted by atomic mass is 19.4. The molecule has 2 aromatic rings. The standard InChI is InChI=1S/C15H17F3N4O/c1-14(2,9-19)21-13(23)10-4-3-5-11(8-10)22-12(6-7-20-22)15(16,17)18/h3-8H,9,19H2,1-2H3,(H,21,23). The second-order valence-electron chi connectivity index (χ2n) is 5.72. The Morgan fingerprint density at radius 1 is 1.30 bits per heavy atom. The second kappa shape index (κ2) is 6.04. The maximum Gasteiger partial charge on any atom is 0.433 e. The first-order chi connectivity index (χ1) is 10.6. The molecule has 0 aliphatic heterocycles. The molecule has 1 heterocycles. The molecule has 1 aromatic carbocycles. The molecule has 0 atom stereocenters. The van der Waals surface area contributed by atoms with E-state index >= 15 is 0 Å². The van der Waals surface area contributed by atoms with Crippen molar-refractivity contribution in [2.24, 2.45) is 5.73 Å². The number of hydrogen-bond donors (Lipinski definition) is 2. The van der Waals surface area contributed by atoms with Gasteiger partial charge in [0.1, 0.15) is 5.69 Å². The third-order valence-corrected chi connectivity index (χ3v) is 3.25. The molecule has 3 N–H and O–H groups in total. The summed E-state index contributed by atoms with van der Waals surface area (Å²) in [6, 6.07) is 6.70. The van der Waals surface area contributed by atoms with Gasteiger partial charge in [0.15, 0.2) is 0 Å². The number of carbonyl (C=O) groups is 1. The van der Waals surface area contributed by atoms with Crippen LogP contribution < -0.4 is 11.1 Å². The Bertz CT molecular complexity index is 707. The normalized spacial score (nSPS) is 12.3. The number of halogens is 3. The molecule has 0 bridgehead atoms. The van der Waals surface area contributed by atoms with Gasteiger partial charge in [-0.2, -0.15) is 18.3 Å². The molecule has 8 heteroatoms. The zero-order chi connectivity index (χ0) is 17.3. The molecule has 0 saturated carbocycles. The predicted octanol–water partition coefficient (Wildman–Crippen LogP) is 2.36.